The lowest BCUT2D eigenvalue weighted by atomic mass is 10.2. The number of benzene rings is 1. The minimum Gasteiger partial charge on any atom is -0.439 e. The molecule has 0 amide bonds. The van der Waals surface area contributed by atoms with Gasteiger partial charge in [0.15, 0.2) is 0 Å². The molecule has 1 heterocycles. The first-order valence-electron chi connectivity index (χ1n) is 4.64. The second-order valence-corrected chi connectivity index (χ2v) is 4.12. The Kier molecular flexibility index (Phi) is 3.05. The van der Waals surface area contributed by atoms with E-state index in [2.05, 4.69) is 25.9 Å². The number of aryl methyl sites for hydroxylation is 1. The highest BCUT2D eigenvalue weighted by Gasteiger charge is 2.01. The third-order valence-electron chi connectivity index (χ3n) is 2.00. The van der Waals surface area contributed by atoms with Crippen molar-refractivity contribution in [1.82, 2.24) is 9.97 Å². The van der Waals surface area contributed by atoms with Crippen molar-refractivity contribution >= 4 is 15.9 Å². The van der Waals surface area contributed by atoms with Crippen molar-refractivity contribution in [3.63, 3.8) is 0 Å². The van der Waals surface area contributed by atoms with Crippen LogP contribution in [0.15, 0.2) is 39.9 Å². The molecular formula is C11H9BrN2O2. The maximum Gasteiger partial charge on any atom is 0.254 e. The molecule has 0 atom stereocenters. The number of nitrogens with one attached hydrogen (secondary N) is 1. The van der Waals surface area contributed by atoms with E-state index in [9.17, 15) is 4.79 Å². The molecule has 82 valence electrons. The molecule has 0 unspecified atom stereocenters. The third-order valence-corrected chi connectivity index (χ3v) is 2.89. The summed E-state index contributed by atoms with van der Waals surface area (Å²) in [5.41, 5.74) is 0.821. The number of aromatic amines is 1. The van der Waals surface area contributed by atoms with E-state index in [1.54, 1.807) is 6.07 Å². The van der Waals surface area contributed by atoms with Crippen LogP contribution in [0.25, 0.3) is 0 Å². The Labute approximate surface area is 100 Å². The quantitative estimate of drug-likeness (QED) is 0.920. The minimum atomic E-state index is -0.237. The SMILES string of the molecule is Cc1cc(Oc2cc(=O)[nH]cn2)ccc1Br. The maximum atomic E-state index is 11.0. The molecule has 2 rings (SSSR count). The fourth-order valence-corrected chi connectivity index (χ4v) is 1.45. The normalized spacial score (nSPS) is 10.1. The number of hydrogen-bond acceptors (Lipinski definition) is 3. The number of hydrogen-bond donors (Lipinski definition) is 1. The zero-order valence-electron chi connectivity index (χ0n) is 8.53. The van der Waals surface area contributed by atoms with Crippen LogP contribution in [0.5, 0.6) is 11.6 Å². The molecule has 4 nitrogen and oxygen atoms in total. The predicted octanol–water partition coefficient (Wildman–Crippen LogP) is 2.63. The zero-order valence-corrected chi connectivity index (χ0v) is 10.1. The van der Waals surface area contributed by atoms with Crippen LogP contribution >= 0.6 is 15.9 Å². The van der Waals surface area contributed by atoms with Crippen LogP contribution in [0.1, 0.15) is 5.56 Å². The highest BCUT2D eigenvalue weighted by molar-refractivity contribution is 9.10. The molecule has 1 N–H and O–H groups in total. The molecule has 0 aliphatic heterocycles. The second-order valence-electron chi connectivity index (χ2n) is 3.26. The van der Waals surface area contributed by atoms with E-state index in [0.717, 1.165) is 10.0 Å². The molecule has 16 heavy (non-hydrogen) atoms. The van der Waals surface area contributed by atoms with Gasteiger partial charge in [0.1, 0.15) is 5.75 Å². The van der Waals surface area contributed by atoms with E-state index >= 15 is 0 Å². The van der Waals surface area contributed by atoms with Gasteiger partial charge in [0.2, 0.25) is 5.88 Å². The molecule has 0 fully saturated rings. The fraction of sp³-hybridized carbons (Fsp3) is 0.0909. The lowest BCUT2D eigenvalue weighted by molar-refractivity contribution is 0.460. The van der Waals surface area contributed by atoms with E-state index in [4.69, 9.17) is 4.74 Å². The van der Waals surface area contributed by atoms with Crippen molar-refractivity contribution in [2.24, 2.45) is 0 Å². The van der Waals surface area contributed by atoms with Crippen LogP contribution in [0.4, 0.5) is 0 Å². The summed E-state index contributed by atoms with van der Waals surface area (Å²) in [4.78, 5) is 17.3. The maximum absolute atomic E-state index is 11.0. The minimum absolute atomic E-state index is 0.237. The first-order chi connectivity index (χ1) is 7.65. The monoisotopic (exact) mass is 280 g/mol. The molecule has 2 aromatic rings. The standard InChI is InChI=1S/C11H9BrN2O2/c1-7-4-8(2-3-9(7)12)16-11-5-10(15)13-6-14-11/h2-6H,1H3,(H,13,14,15). The van der Waals surface area contributed by atoms with Gasteiger partial charge in [0.05, 0.1) is 12.4 Å². The van der Waals surface area contributed by atoms with Crippen LogP contribution < -0.4 is 10.3 Å². The number of rotatable bonds is 2. The van der Waals surface area contributed by atoms with E-state index in [1.807, 2.05) is 19.1 Å². The lowest BCUT2D eigenvalue weighted by Gasteiger charge is -2.05. The summed E-state index contributed by atoms with van der Waals surface area (Å²) in [6.07, 6.45) is 1.31. The van der Waals surface area contributed by atoms with Crippen molar-refractivity contribution in [3.05, 3.63) is 51.0 Å². The Bertz CT molecular complexity index is 566. The summed E-state index contributed by atoms with van der Waals surface area (Å²) in [6.45, 7) is 1.96. The molecule has 1 aromatic heterocycles. The van der Waals surface area contributed by atoms with Crippen LogP contribution in [0, 0.1) is 6.92 Å². The summed E-state index contributed by atoms with van der Waals surface area (Å²) in [7, 11) is 0. The molecule has 0 aliphatic rings. The highest BCUT2D eigenvalue weighted by Crippen LogP contribution is 2.24. The number of aromatic nitrogens is 2. The summed E-state index contributed by atoms with van der Waals surface area (Å²) >= 11 is 3.40. The number of nitrogens with zero attached hydrogens (tertiary/aromatic N) is 1. The zero-order chi connectivity index (χ0) is 11.5. The average molecular weight is 281 g/mol. The van der Waals surface area contributed by atoms with E-state index < -0.39 is 0 Å². The Hall–Kier alpha value is -1.62. The molecule has 0 bridgehead atoms. The van der Waals surface area contributed by atoms with Gasteiger partial charge in [-0.15, -0.1) is 0 Å². The topological polar surface area (TPSA) is 55.0 Å². The Balaban J connectivity index is 2.27. The molecule has 0 aliphatic carbocycles. The summed E-state index contributed by atoms with van der Waals surface area (Å²) < 4.78 is 6.46. The Morgan fingerprint density at radius 3 is 2.88 bits per heavy atom. The van der Waals surface area contributed by atoms with Gasteiger partial charge in [0, 0.05) is 4.47 Å². The fourth-order valence-electron chi connectivity index (χ4n) is 1.21. The van der Waals surface area contributed by atoms with Crippen molar-refractivity contribution in [2.75, 3.05) is 0 Å². The highest BCUT2D eigenvalue weighted by atomic mass is 79.9. The Morgan fingerprint density at radius 1 is 1.38 bits per heavy atom. The summed E-state index contributed by atoms with van der Waals surface area (Å²) in [5.74, 6) is 0.935. The van der Waals surface area contributed by atoms with Crippen molar-refractivity contribution < 1.29 is 4.74 Å². The van der Waals surface area contributed by atoms with E-state index in [-0.39, 0.29) is 11.4 Å². The molecule has 0 saturated heterocycles. The number of ether oxygens (including phenoxy) is 1. The van der Waals surface area contributed by atoms with Gasteiger partial charge in [-0.25, -0.2) is 4.98 Å². The van der Waals surface area contributed by atoms with Crippen LogP contribution in [0.3, 0.4) is 0 Å². The van der Waals surface area contributed by atoms with Gasteiger partial charge in [-0.05, 0) is 30.7 Å². The average Bonchev–Trinajstić information content (AvgIpc) is 2.24. The van der Waals surface area contributed by atoms with Gasteiger partial charge in [-0.2, -0.15) is 0 Å². The van der Waals surface area contributed by atoms with Crippen molar-refractivity contribution in [1.29, 1.82) is 0 Å². The largest absolute Gasteiger partial charge is 0.439 e. The molecule has 1 aromatic carbocycles. The number of halogens is 1. The smallest absolute Gasteiger partial charge is 0.254 e. The summed E-state index contributed by atoms with van der Waals surface area (Å²) in [6, 6.07) is 6.86. The van der Waals surface area contributed by atoms with Gasteiger partial charge >= 0.3 is 0 Å². The van der Waals surface area contributed by atoms with E-state index in [0.29, 0.717) is 5.75 Å². The van der Waals surface area contributed by atoms with Crippen molar-refractivity contribution in [3.8, 4) is 11.6 Å². The molecular weight excluding hydrogens is 272 g/mol. The Morgan fingerprint density at radius 2 is 2.19 bits per heavy atom. The third kappa shape index (κ3) is 2.49. The van der Waals surface area contributed by atoms with Gasteiger partial charge in [-0.3, -0.25) is 4.79 Å². The molecule has 0 radical (unpaired) electrons. The number of H-pyrrole nitrogens is 1. The molecule has 0 saturated carbocycles. The van der Waals surface area contributed by atoms with Crippen LogP contribution in [-0.4, -0.2) is 9.97 Å². The van der Waals surface area contributed by atoms with E-state index in [1.165, 1.54) is 12.4 Å². The summed E-state index contributed by atoms with van der Waals surface area (Å²) in [5, 5.41) is 0. The van der Waals surface area contributed by atoms with Crippen LogP contribution in [-0.2, 0) is 0 Å². The first kappa shape index (κ1) is 10.9. The second kappa shape index (κ2) is 4.49. The molecule has 0 spiro atoms. The predicted molar refractivity (Wildman–Crippen MR) is 63.8 cm³/mol. The van der Waals surface area contributed by atoms with Crippen LogP contribution in [0.2, 0.25) is 0 Å². The lowest BCUT2D eigenvalue weighted by Crippen LogP contribution is -2.04. The van der Waals surface area contributed by atoms with Crippen molar-refractivity contribution in [2.45, 2.75) is 6.92 Å². The molecule has 5 heteroatoms. The van der Waals surface area contributed by atoms with Gasteiger partial charge in [0.25, 0.3) is 5.56 Å². The van der Waals surface area contributed by atoms with Gasteiger partial charge in [-0.1, -0.05) is 15.9 Å². The first-order valence-corrected chi connectivity index (χ1v) is 5.43. The van der Waals surface area contributed by atoms with Gasteiger partial charge < -0.3 is 9.72 Å².